The van der Waals surface area contributed by atoms with Crippen molar-refractivity contribution >= 4 is 65.7 Å². The first kappa shape index (κ1) is 39.0. The van der Waals surface area contributed by atoms with Gasteiger partial charge in [0.25, 0.3) is 0 Å². The van der Waals surface area contributed by atoms with Gasteiger partial charge in [-0.3, -0.25) is 0 Å². The smallest absolute Gasteiger partial charge is 0.145 e. The summed E-state index contributed by atoms with van der Waals surface area (Å²) in [7, 11) is 0. The third-order valence-corrected chi connectivity index (χ3v) is 13.2. The number of hydrogen-bond donors (Lipinski definition) is 0. The van der Waals surface area contributed by atoms with Gasteiger partial charge >= 0.3 is 0 Å². The fourth-order valence-corrected chi connectivity index (χ4v) is 9.71. The SMILES string of the molecule is CC(C)(C)c1cc(-c2cc3c4cc(-c5ccccc5)ccc4n(-c4ccccc4)c3c3c2oc2cc(-c4ccccc4)ccc23)c2oc3c(C(C)(C)C)cc(C(C)(C)C)cc3c2c1. The van der Waals surface area contributed by atoms with Crippen LogP contribution in [-0.2, 0) is 16.2 Å². The Labute approximate surface area is 369 Å². The van der Waals surface area contributed by atoms with Gasteiger partial charge < -0.3 is 13.4 Å². The van der Waals surface area contributed by atoms with Crippen molar-refractivity contribution in [1.82, 2.24) is 4.57 Å². The first-order valence-corrected chi connectivity index (χ1v) is 22.3. The van der Waals surface area contributed by atoms with Crippen molar-refractivity contribution in [3.63, 3.8) is 0 Å². The summed E-state index contributed by atoms with van der Waals surface area (Å²) >= 11 is 0. The van der Waals surface area contributed by atoms with Gasteiger partial charge in [0.15, 0.2) is 0 Å². The predicted molar refractivity (Wildman–Crippen MR) is 268 cm³/mol. The Morgan fingerprint density at radius 3 is 1.56 bits per heavy atom. The van der Waals surface area contributed by atoms with Gasteiger partial charge in [0.1, 0.15) is 22.3 Å². The molecule has 3 aromatic heterocycles. The number of rotatable bonds is 4. The minimum atomic E-state index is -0.142. The highest BCUT2D eigenvalue weighted by Gasteiger charge is 2.30. The van der Waals surface area contributed by atoms with Crippen molar-refractivity contribution in [2.75, 3.05) is 0 Å². The number of hydrogen-bond acceptors (Lipinski definition) is 2. The lowest BCUT2D eigenvalue weighted by Crippen LogP contribution is -2.16. The van der Waals surface area contributed by atoms with E-state index in [4.69, 9.17) is 8.83 Å². The number of furan rings is 2. The van der Waals surface area contributed by atoms with Crippen molar-refractivity contribution in [1.29, 1.82) is 0 Å². The average molecular weight is 820 g/mol. The van der Waals surface area contributed by atoms with E-state index in [1.165, 1.54) is 38.6 Å². The number of benzene rings is 8. The fraction of sp³-hybridized carbons (Fsp3) is 0.200. The van der Waals surface area contributed by atoms with E-state index in [0.29, 0.717) is 0 Å². The van der Waals surface area contributed by atoms with E-state index in [0.717, 1.165) is 82.9 Å². The predicted octanol–water partition coefficient (Wildman–Crippen LogP) is 17.5. The molecule has 11 aromatic rings. The Hall–Kier alpha value is -6.84. The molecular formula is C60H53NO2. The van der Waals surface area contributed by atoms with Crippen molar-refractivity contribution in [2.45, 2.75) is 78.6 Å². The highest BCUT2D eigenvalue weighted by Crippen LogP contribution is 2.50. The summed E-state index contributed by atoms with van der Waals surface area (Å²) in [6.07, 6.45) is 0. The molecule has 3 nitrogen and oxygen atoms in total. The van der Waals surface area contributed by atoms with Crippen LogP contribution in [0.2, 0.25) is 0 Å². The molecule has 0 spiro atoms. The first-order chi connectivity index (χ1) is 30.1. The van der Waals surface area contributed by atoms with Crippen LogP contribution < -0.4 is 0 Å². The van der Waals surface area contributed by atoms with E-state index in [-0.39, 0.29) is 16.2 Å². The van der Waals surface area contributed by atoms with Crippen LogP contribution in [0.4, 0.5) is 0 Å². The second kappa shape index (κ2) is 13.8. The van der Waals surface area contributed by atoms with Crippen LogP contribution in [0.3, 0.4) is 0 Å². The average Bonchev–Trinajstić information content (AvgIpc) is 3.94. The van der Waals surface area contributed by atoms with Crippen LogP contribution in [-0.4, -0.2) is 4.57 Å². The van der Waals surface area contributed by atoms with E-state index < -0.39 is 0 Å². The molecule has 3 heterocycles. The summed E-state index contributed by atoms with van der Waals surface area (Å²) in [5.41, 5.74) is 17.1. The molecule has 0 aliphatic heterocycles. The molecule has 11 rings (SSSR count). The van der Waals surface area contributed by atoms with Gasteiger partial charge in [0.2, 0.25) is 0 Å². The van der Waals surface area contributed by atoms with E-state index in [2.05, 4.69) is 225 Å². The van der Waals surface area contributed by atoms with Gasteiger partial charge in [0, 0.05) is 49.3 Å². The normalized spacial score (nSPS) is 12.8. The minimum Gasteiger partial charge on any atom is -0.455 e. The molecule has 0 aliphatic carbocycles. The van der Waals surface area contributed by atoms with Crippen LogP contribution in [0.1, 0.15) is 79.0 Å². The molecule has 0 unspecified atom stereocenters. The number of fused-ring (bicyclic) bond motifs is 10. The largest absolute Gasteiger partial charge is 0.455 e. The second-order valence-electron chi connectivity index (χ2n) is 20.6. The molecule has 0 aliphatic rings. The molecule has 0 saturated carbocycles. The highest BCUT2D eigenvalue weighted by atomic mass is 16.3. The van der Waals surface area contributed by atoms with Gasteiger partial charge in [0.05, 0.1) is 16.4 Å². The van der Waals surface area contributed by atoms with Gasteiger partial charge in [-0.2, -0.15) is 0 Å². The van der Waals surface area contributed by atoms with Gasteiger partial charge in [-0.05, 0) is 110 Å². The van der Waals surface area contributed by atoms with E-state index in [1.807, 2.05) is 0 Å². The number of aromatic nitrogens is 1. The molecule has 8 aromatic carbocycles. The minimum absolute atomic E-state index is 0.0438. The second-order valence-corrected chi connectivity index (χ2v) is 20.6. The summed E-state index contributed by atoms with van der Waals surface area (Å²) in [6, 6.07) is 57.7. The third-order valence-electron chi connectivity index (χ3n) is 13.2. The zero-order valence-corrected chi connectivity index (χ0v) is 37.8. The van der Waals surface area contributed by atoms with Crippen LogP contribution in [0.25, 0.3) is 105 Å². The van der Waals surface area contributed by atoms with Crippen molar-refractivity contribution in [2.24, 2.45) is 0 Å². The van der Waals surface area contributed by atoms with E-state index in [9.17, 15) is 0 Å². The van der Waals surface area contributed by atoms with E-state index in [1.54, 1.807) is 0 Å². The highest BCUT2D eigenvalue weighted by molar-refractivity contribution is 6.29. The molecular weight excluding hydrogens is 767 g/mol. The quantitative estimate of drug-likeness (QED) is 0.177. The Kier molecular flexibility index (Phi) is 8.57. The maximum atomic E-state index is 7.34. The monoisotopic (exact) mass is 819 g/mol. The van der Waals surface area contributed by atoms with Crippen molar-refractivity contribution in [3.05, 3.63) is 174 Å². The van der Waals surface area contributed by atoms with Gasteiger partial charge in [-0.15, -0.1) is 0 Å². The van der Waals surface area contributed by atoms with Crippen LogP contribution in [0.15, 0.2) is 167 Å². The Morgan fingerprint density at radius 1 is 0.381 bits per heavy atom. The fourth-order valence-electron chi connectivity index (χ4n) is 9.71. The lowest BCUT2D eigenvalue weighted by Gasteiger charge is -2.25. The van der Waals surface area contributed by atoms with Crippen LogP contribution in [0.5, 0.6) is 0 Å². The zero-order chi connectivity index (χ0) is 43.6. The molecule has 0 radical (unpaired) electrons. The molecule has 0 fully saturated rings. The zero-order valence-electron chi connectivity index (χ0n) is 37.8. The van der Waals surface area contributed by atoms with Gasteiger partial charge in [-0.1, -0.05) is 159 Å². The van der Waals surface area contributed by atoms with Crippen LogP contribution >= 0.6 is 0 Å². The lowest BCUT2D eigenvalue weighted by molar-refractivity contribution is 0.559. The van der Waals surface area contributed by atoms with Crippen molar-refractivity contribution < 1.29 is 8.83 Å². The first-order valence-electron chi connectivity index (χ1n) is 22.3. The molecule has 0 saturated heterocycles. The Morgan fingerprint density at radius 2 is 0.937 bits per heavy atom. The maximum absolute atomic E-state index is 7.34. The summed E-state index contributed by atoms with van der Waals surface area (Å²) in [5, 5.41) is 6.83. The summed E-state index contributed by atoms with van der Waals surface area (Å²) < 4.78 is 17.1. The van der Waals surface area contributed by atoms with E-state index >= 15 is 0 Å². The van der Waals surface area contributed by atoms with Crippen LogP contribution in [0, 0.1) is 0 Å². The number of nitrogens with zero attached hydrogens (tertiary/aromatic N) is 1. The Balaban J connectivity index is 1.34. The molecule has 63 heavy (non-hydrogen) atoms. The van der Waals surface area contributed by atoms with Gasteiger partial charge in [-0.25, -0.2) is 0 Å². The third kappa shape index (κ3) is 6.31. The molecule has 0 bridgehead atoms. The maximum Gasteiger partial charge on any atom is 0.145 e. The summed E-state index contributed by atoms with van der Waals surface area (Å²) in [6.45, 7) is 20.7. The van der Waals surface area contributed by atoms with Crippen molar-refractivity contribution in [3.8, 4) is 39.1 Å². The topological polar surface area (TPSA) is 31.2 Å². The molecule has 0 amide bonds. The standard InChI is InChI=1S/C60H53NO2/c1-58(2,3)40-31-46-48-33-41(59(4,5)6)34-50(60(7,8)9)56(48)63-55(46)47(32-40)49-35-45-44-29-38(36-19-13-10-14-20-36)26-28-51(44)61(42-23-17-12-18-24-42)54(45)53-43-27-25-39(30-52(43)62-57(49)53)37-21-15-11-16-22-37/h10-35H,1-9H3. The summed E-state index contributed by atoms with van der Waals surface area (Å²) in [5.74, 6) is 0. The Bertz CT molecular complexity index is 3580. The number of para-hydroxylation sites is 1. The molecule has 0 atom stereocenters. The molecule has 0 N–H and O–H groups in total. The molecule has 310 valence electrons. The lowest BCUT2D eigenvalue weighted by atomic mass is 9.79. The molecule has 3 heteroatoms. The summed E-state index contributed by atoms with van der Waals surface area (Å²) in [4.78, 5) is 0.